The van der Waals surface area contributed by atoms with Crippen molar-refractivity contribution >= 4 is 28.6 Å². The average molecular weight is 538 g/mol. The minimum absolute atomic E-state index is 0.352. The number of unbranched alkanes of at least 4 members (excludes halogenated alkanes) is 7. The average Bonchev–Trinajstić information content (AvgIpc) is 3.00. The van der Waals surface area contributed by atoms with E-state index in [1.165, 1.54) is 50.3 Å². The molecule has 4 aromatic carbocycles. The summed E-state index contributed by atoms with van der Waals surface area (Å²) in [5.41, 5.74) is 2.14. The summed E-state index contributed by atoms with van der Waals surface area (Å²) in [6.45, 7) is 2.93. The van der Waals surface area contributed by atoms with Gasteiger partial charge in [-0.3, -0.25) is 4.99 Å². The maximum atomic E-state index is 12.8. The van der Waals surface area contributed by atoms with Gasteiger partial charge in [-0.25, -0.2) is 4.79 Å². The molecule has 0 saturated carbocycles. The van der Waals surface area contributed by atoms with Crippen molar-refractivity contribution in [3.63, 3.8) is 0 Å². The van der Waals surface area contributed by atoms with Gasteiger partial charge in [0, 0.05) is 6.21 Å². The molecule has 0 saturated heterocycles. The zero-order valence-electron chi connectivity index (χ0n) is 23.6. The molecule has 4 aromatic rings. The first-order chi connectivity index (χ1) is 19.7. The lowest BCUT2D eigenvalue weighted by atomic mass is 10.1. The van der Waals surface area contributed by atoms with E-state index >= 15 is 0 Å². The highest BCUT2D eigenvalue weighted by Crippen LogP contribution is 2.29. The zero-order chi connectivity index (χ0) is 28.0. The third-order valence-electron chi connectivity index (χ3n) is 6.84. The molecule has 0 atom stereocenters. The van der Waals surface area contributed by atoms with Gasteiger partial charge in [-0.2, -0.15) is 0 Å². The van der Waals surface area contributed by atoms with E-state index < -0.39 is 5.97 Å². The number of hydrogen-bond acceptors (Lipinski definition) is 5. The number of esters is 1. The van der Waals surface area contributed by atoms with Crippen LogP contribution in [-0.4, -0.2) is 25.9 Å². The van der Waals surface area contributed by atoms with Gasteiger partial charge in [0.25, 0.3) is 0 Å². The number of hydrogen-bond donors (Lipinski definition) is 0. The van der Waals surface area contributed by atoms with Crippen LogP contribution in [0, 0.1) is 0 Å². The SMILES string of the molecule is CCCCCCCCCCOc1ccc(C(=O)Oc2ccc(C=Nc3ccc4ccccc4c3)cc2OC)cc1. The maximum absolute atomic E-state index is 12.8. The molecular weight excluding hydrogens is 498 g/mol. The van der Waals surface area contributed by atoms with Gasteiger partial charge in [0.2, 0.25) is 0 Å². The molecule has 0 spiro atoms. The van der Waals surface area contributed by atoms with Gasteiger partial charge in [0.05, 0.1) is 25.0 Å². The first-order valence-electron chi connectivity index (χ1n) is 14.3. The van der Waals surface area contributed by atoms with E-state index in [0.717, 1.165) is 28.8 Å². The second kappa shape index (κ2) is 15.5. The third kappa shape index (κ3) is 8.70. The lowest BCUT2D eigenvalue weighted by Gasteiger charge is -2.11. The first-order valence-corrected chi connectivity index (χ1v) is 14.3. The van der Waals surface area contributed by atoms with Crippen LogP contribution in [0.25, 0.3) is 10.8 Å². The van der Waals surface area contributed by atoms with E-state index in [1.54, 1.807) is 37.6 Å². The van der Waals surface area contributed by atoms with Gasteiger partial charge in [-0.1, -0.05) is 82.2 Å². The fraction of sp³-hybridized carbons (Fsp3) is 0.314. The molecule has 0 aliphatic heterocycles. The van der Waals surface area contributed by atoms with Crippen LogP contribution in [0.1, 0.15) is 74.2 Å². The molecule has 5 nitrogen and oxygen atoms in total. The second-order valence-corrected chi connectivity index (χ2v) is 9.94. The molecule has 208 valence electrons. The fourth-order valence-electron chi connectivity index (χ4n) is 4.53. The quantitative estimate of drug-likeness (QED) is 0.0656. The number of carbonyl (C=O) groups excluding carboxylic acids is 1. The normalized spacial score (nSPS) is 11.2. The van der Waals surface area contributed by atoms with Crippen LogP contribution in [0.15, 0.2) is 89.9 Å². The summed E-state index contributed by atoms with van der Waals surface area (Å²) in [4.78, 5) is 17.4. The summed E-state index contributed by atoms with van der Waals surface area (Å²) in [6.07, 6.45) is 11.9. The molecule has 0 heterocycles. The number of rotatable bonds is 15. The predicted molar refractivity (Wildman–Crippen MR) is 164 cm³/mol. The van der Waals surface area contributed by atoms with Crippen LogP contribution in [-0.2, 0) is 0 Å². The lowest BCUT2D eigenvalue weighted by molar-refractivity contribution is 0.0729. The van der Waals surface area contributed by atoms with Crippen LogP contribution < -0.4 is 14.2 Å². The van der Waals surface area contributed by atoms with Crippen molar-refractivity contribution in [2.45, 2.75) is 58.3 Å². The van der Waals surface area contributed by atoms with Gasteiger partial charge < -0.3 is 14.2 Å². The third-order valence-corrected chi connectivity index (χ3v) is 6.84. The second-order valence-electron chi connectivity index (χ2n) is 9.94. The number of nitrogens with zero attached hydrogens (tertiary/aromatic N) is 1. The molecule has 5 heteroatoms. The number of carbonyl (C=O) groups is 1. The van der Waals surface area contributed by atoms with Crippen LogP contribution in [0.2, 0.25) is 0 Å². The van der Waals surface area contributed by atoms with Gasteiger partial charge in [-0.15, -0.1) is 0 Å². The molecule has 0 amide bonds. The van der Waals surface area contributed by atoms with Gasteiger partial charge >= 0.3 is 5.97 Å². The van der Waals surface area contributed by atoms with Crippen molar-refractivity contribution in [3.8, 4) is 17.2 Å². The summed E-state index contributed by atoms with van der Waals surface area (Å²) in [5.74, 6) is 1.11. The molecular formula is C35H39NO4. The van der Waals surface area contributed by atoms with Crippen molar-refractivity contribution in [3.05, 3.63) is 96.1 Å². The Morgan fingerprint density at radius 1 is 0.750 bits per heavy atom. The monoisotopic (exact) mass is 537 g/mol. The summed E-state index contributed by atoms with van der Waals surface area (Å²) in [5, 5.41) is 2.32. The highest BCUT2D eigenvalue weighted by atomic mass is 16.6. The summed E-state index contributed by atoms with van der Waals surface area (Å²) in [6, 6.07) is 26.7. The number of ether oxygens (including phenoxy) is 3. The molecule has 0 fully saturated rings. The molecule has 0 radical (unpaired) electrons. The van der Waals surface area contributed by atoms with Crippen molar-refractivity contribution in [1.82, 2.24) is 0 Å². The van der Waals surface area contributed by atoms with E-state index in [0.29, 0.717) is 23.7 Å². The van der Waals surface area contributed by atoms with Gasteiger partial charge in [0.15, 0.2) is 11.5 Å². The Bertz CT molecular complexity index is 1390. The Morgan fingerprint density at radius 3 is 2.23 bits per heavy atom. The fourth-order valence-corrected chi connectivity index (χ4v) is 4.53. The molecule has 0 bridgehead atoms. The highest BCUT2D eigenvalue weighted by molar-refractivity contribution is 5.92. The van der Waals surface area contributed by atoms with Crippen molar-refractivity contribution in [2.24, 2.45) is 4.99 Å². The highest BCUT2D eigenvalue weighted by Gasteiger charge is 2.13. The molecule has 40 heavy (non-hydrogen) atoms. The van der Waals surface area contributed by atoms with Gasteiger partial charge in [-0.05, 0) is 77.4 Å². The van der Waals surface area contributed by atoms with E-state index in [9.17, 15) is 4.79 Å². The predicted octanol–water partition coefficient (Wildman–Crippen LogP) is 9.34. The standard InChI is InChI=1S/C35H39NO4/c1-3-4-5-6-7-8-9-12-23-39-32-20-17-29(18-21-32)35(37)40-33-22-15-27(24-34(33)38-2)26-36-31-19-16-28-13-10-11-14-30(28)25-31/h10-11,13-22,24-26H,3-9,12,23H2,1-2H3. The Balaban J connectivity index is 1.27. The van der Waals surface area contributed by atoms with Gasteiger partial charge in [0.1, 0.15) is 5.75 Å². The van der Waals surface area contributed by atoms with E-state index in [4.69, 9.17) is 14.2 Å². The molecule has 4 rings (SSSR count). The summed E-state index contributed by atoms with van der Waals surface area (Å²) < 4.78 is 17.0. The smallest absolute Gasteiger partial charge is 0.343 e. The first kappa shape index (κ1) is 28.9. The maximum Gasteiger partial charge on any atom is 0.343 e. The number of fused-ring (bicyclic) bond motifs is 1. The minimum atomic E-state index is -0.453. The van der Waals surface area contributed by atoms with Crippen molar-refractivity contribution in [2.75, 3.05) is 13.7 Å². The van der Waals surface area contributed by atoms with Crippen LogP contribution in [0.3, 0.4) is 0 Å². The molecule has 0 aliphatic rings. The van der Waals surface area contributed by atoms with Crippen LogP contribution in [0.5, 0.6) is 17.2 Å². The Kier molecular flexibility index (Phi) is 11.2. The van der Waals surface area contributed by atoms with E-state index in [1.807, 2.05) is 42.5 Å². The molecule has 0 aliphatic carbocycles. The number of aliphatic imine (C=N–C) groups is 1. The summed E-state index contributed by atoms with van der Waals surface area (Å²) >= 11 is 0. The van der Waals surface area contributed by atoms with Crippen molar-refractivity contribution in [1.29, 1.82) is 0 Å². The Hall–Kier alpha value is -4.12. The zero-order valence-corrected chi connectivity index (χ0v) is 23.6. The Labute approximate surface area is 237 Å². The lowest BCUT2D eigenvalue weighted by Crippen LogP contribution is -2.09. The van der Waals surface area contributed by atoms with E-state index in [2.05, 4.69) is 30.1 Å². The van der Waals surface area contributed by atoms with Crippen LogP contribution >= 0.6 is 0 Å². The molecule has 0 N–H and O–H groups in total. The largest absolute Gasteiger partial charge is 0.494 e. The molecule has 0 unspecified atom stereocenters. The minimum Gasteiger partial charge on any atom is -0.494 e. The van der Waals surface area contributed by atoms with Crippen molar-refractivity contribution < 1.29 is 19.0 Å². The number of benzene rings is 4. The van der Waals surface area contributed by atoms with Crippen LogP contribution in [0.4, 0.5) is 5.69 Å². The number of methoxy groups -OCH3 is 1. The molecule has 0 aromatic heterocycles. The van der Waals surface area contributed by atoms with E-state index in [-0.39, 0.29) is 0 Å². The Morgan fingerprint density at radius 2 is 1.48 bits per heavy atom. The topological polar surface area (TPSA) is 57.1 Å². The summed E-state index contributed by atoms with van der Waals surface area (Å²) in [7, 11) is 1.55.